The van der Waals surface area contributed by atoms with E-state index in [1.807, 2.05) is 6.07 Å². The van der Waals surface area contributed by atoms with Crippen molar-refractivity contribution in [1.82, 2.24) is 9.97 Å². The van der Waals surface area contributed by atoms with Crippen molar-refractivity contribution in [3.63, 3.8) is 0 Å². The van der Waals surface area contributed by atoms with Crippen LogP contribution in [-0.2, 0) is 9.47 Å². The molecule has 29 heavy (non-hydrogen) atoms. The second-order valence-electron chi connectivity index (χ2n) is 6.08. The first kappa shape index (κ1) is 19.8. The molecule has 3 rings (SSSR count). The molecule has 0 saturated heterocycles. The number of carbonyl (C=O) groups is 2. The van der Waals surface area contributed by atoms with Gasteiger partial charge in [0, 0.05) is 17.4 Å². The summed E-state index contributed by atoms with van der Waals surface area (Å²) in [5.41, 5.74) is 2.35. The van der Waals surface area contributed by atoms with Gasteiger partial charge in [0.2, 0.25) is 0 Å². The maximum Gasteiger partial charge on any atom is 0.337 e. The molecule has 0 saturated carbocycles. The minimum absolute atomic E-state index is 0.393. The Balaban J connectivity index is 1.78. The van der Waals surface area contributed by atoms with E-state index in [1.54, 1.807) is 55.5 Å². The Labute approximate surface area is 167 Å². The highest BCUT2D eigenvalue weighted by Gasteiger charge is 2.08. The summed E-state index contributed by atoms with van der Waals surface area (Å²) in [6.07, 6.45) is 0. The molecule has 0 aliphatic carbocycles. The van der Waals surface area contributed by atoms with E-state index in [0.29, 0.717) is 34.3 Å². The molecule has 1 aromatic heterocycles. The molecule has 1 heterocycles. The number of rotatable bonds is 6. The molecular formula is C21H20N4O4. The van der Waals surface area contributed by atoms with Gasteiger partial charge >= 0.3 is 11.9 Å². The van der Waals surface area contributed by atoms with E-state index in [2.05, 4.69) is 20.6 Å². The van der Waals surface area contributed by atoms with E-state index in [0.717, 1.165) is 5.69 Å². The van der Waals surface area contributed by atoms with Gasteiger partial charge in [0.1, 0.15) is 17.5 Å². The van der Waals surface area contributed by atoms with Crippen LogP contribution in [0.1, 0.15) is 26.5 Å². The number of aromatic nitrogens is 2. The molecule has 0 unspecified atom stereocenters. The Morgan fingerprint density at radius 1 is 0.759 bits per heavy atom. The van der Waals surface area contributed by atoms with Crippen molar-refractivity contribution in [1.29, 1.82) is 0 Å². The molecule has 8 heteroatoms. The van der Waals surface area contributed by atoms with Crippen molar-refractivity contribution < 1.29 is 19.1 Å². The number of nitrogens with one attached hydrogen (secondary N) is 2. The van der Waals surface area contributed by atoms with Crippen LogP contribution in [0.5, 0.6) is 0 Å². The summed E-state index contributed by atoms with van der Waals surface area (Å²) in [5, 5.41) is 6.34. The maximum absolute atomic E-state index is 11.7. The Morgan fingerprint density at radius 3 is 1.97 bits per heavy atom. The van der Waals surface area contributed by atoms with Gasteiger partial charge in [-0.25, -0.2) is 19.6 Å². The predicted molar refractivity (Wildman–Crippen MR) is 109 cm³/mol. The fraction of sp³-hybridized carbons (Fsp3) is 0.143. The predicted octanol–water partition coefficient (Wildman–Crippen LogP) is 3.85. The summed E-state index contributed by atoms with van der Waals surface area (Å²) in [6, 6.07) is 15.5. The van der Waals surface area contributed by atoms with Crippen LogP contribution in [0.4, 0.5) is 23.0 Å². The van der Waals surface area contributed by atoms with Gasteiger partial charge in [-0.3, -0.25) is 0 Å². The molecule has 0 atom stereocenters. The number of ether oxygens (including phenoxy) is 2. The third-order valence-electron chi connectivity index (χ3n) is 3.97. The number of hydrogen-bond donors (Lipinski definition) is 2. The van der Waals surface area contributed by atoms with E-state index >= 15 is 0 Å². The summed E-state index contributed by atoms with van der Waals surface area (Å²) >= 11 is 0. The van der Waals surface area contributed by atoms with Crippen molar-refractivity contribution in [2.45, 2.75) is 6.92 Å². The van der Waals surface area contributed by atoms with Gasteiger partial charge in [0.05, 0.1) is 25.3 Å². The lowest BCUT2D eigenvalue weighted by Gasteiger charge is -2.11. The minimum Gasteiger partial charge on any atom is -0.465 e. The van der Waals surface area contributed by atoms with Crippen LogP contribution in [0.25, 0.3) is 0 Å². The summed E-state index contributed by atoms with van der Waals surface area (Å²) in [4.78, 5) is 32.0. The second-order valence-corrected chi connectivity index (χ2v) is 6.08. The molecule has 0 aliphatic heterocycles. The first-order chi connectivity index (χ1) is 14.0. The average Bonchev–Trinajstić information content (AvgIpc) is 2.73. The zero-order chi connectivity index (χ0) is 20.8. The third-order valence-corrected chi connectivity index (χ3v) is 3.97. The molecule has 3 aromatic rings. The van der Waals surface area contributed by atoms with E-state index in [4.69, 9.17) is 9.47 Å². The Kier molecular flexibility index (Phi) is 6.03. The lowest BCUT2D eigenvalue weighted by atomic mass is 10.2. The van der Waals surface area contributed by atoms with E-state index < -0.39 is 11.9 Å². The normalized spacial score (nSPS) is 10.2. The number of esters is 2. The fourth-order valence-electron chi connectivity index (χ4n) is 2.64. The van der Waals surface area contributed by atoms with Crippen LogP contribution in [-0.4, -0.2) is 36.1 Å². The molecule has 0 bridgehead atoms. The van der Waals surface area contributed by atoms with Crippen LogP contribution < -0.4 is 10.6 Å². The van der Waals surface area contributed by atoms with E-state index in [9.17, 15) is 9.59 Å². The van der Waals surface area contributed by atoms with E-state index in [-0.39, 0.29) is 0 Å². The monoisotopic (exact) mass is 392 g/mol. The molecular weight excluding hydrogens is 372 g/mol. The van der Waals surface area contributed by atoms with Gasteiger partial charge in [-0.1, -0.05) is 6.07 Å². The first-order valence-electron chi connectivity index (χ1n) is 8.75. The highest BCUT2D eigenvalue weighted by Crippen LogP contribution is 2.21. The number of benzene rings is 2. The maximum atomic E-state index is 11.7. The summed E-state index contributed by atoms with van der Waals surface area (Å²) in [5.74, 6) is 0.899. The quantitative estimate of drug-likeness (QED) is 0.610. The standard InChI is InChI=1S/C21H20N4O4/c1-13-22-18(24-16-9-7-14(8-10-16)20(26)28-2)12-19(23-13)25-17-6-4-5-15(11-17)21(27)29-3/h4-12H,1-3H3,(H2,22,23,24,25). The van der Waals surface area contributed by atoms with Gasteiger partial charge < -0.3 is 20.1 Å². The minimum atomic E-state index is -0.412. The SMILES string of the molecule is COC(=O)c1ccc(Nc2cc(Nc3cccc(C(=O)OC)c3)nc(C)n2)cc1. The van der Waals surface area contributed by atoms with Gasteiger partial charge in [-0.15, -0.1) is 0 Å². The van der Waals surface area contributed by atoms with Crippen LogP contribution in [0, 0.1) is 6.92 Å². The lowest BCUT2D eigenvalue weighted by molar-refractivity contribution is 0.0592. The average molecular weight is 392 g/mol. The number of methoxy groups -OCH3 is 2. The van der Waals surface area contributed by atoms with Crippen molar-refractivity contribution in [3.05, 3.63) is 71.5 Å². The Bertz CT molecular complexity index is 1040. The number of aryl methyl sites for hydroxylation is 1. The highest BCUT2D eigenvalue weighted by molar-refractivity contribution is 5.91. The van der Waals surface area contributed by atoms with Crippen LogP contribution >= 0.6 is 0 Å². The van der Waals surface area contributed by atoms with Gasteiger partial charge in [-0.05, 0) is 49.4 Å². The Hall–Kier alpha value is -3.94. The smallest absolute Gasteiger partial charge is 0.337 e. The van der Waals surface area contributed by atoms with Crippen LogP contribution in [0.3, 0.4) is 0 Å². The molecule has 0 radical (unpaired) electrons. The lowest BCUT2D eigenvalue weighted by Crippen LogP contribution is -2.04. The topological polar surface area (TPSA) is 102 Å². The van der Waals surface area contributed by atoms with Crippen molar-refractivity contribution in [3.8, 4) is 0 Å². The number of anilines is 4. The van der Waals surface area contributed by atoms with Crippen molar-refractivity contribution in [2.24, 2.45) is 0 Å². The van der Waals surface area contributed by atoms with Crippen LogP contribution in [0.15, 0.2) is 54.6 Å². The third kappa shape index (κ3) is 5.07. The van der Waals surface area contributed by atoms with Gasteiger partial charge in [0.15, 0.2) is 0 Å². The van der Waals surface area contributed by atoms with E-state index in [1.165, 1.54) is 14.2 Å². The number of hydrogen-bond acceptors (Lipinski definition) is 8. The second kappa shape index (κ2) is 8.83. The largest absolute Gasteiger partial charge is 0.465 e. The molecule has 8 nitrogen and oxygen atoms in total. The molecule has 0 amide bonds. The molecule has 0 spiro atoms. The number of carbonyl (C=O) groups excluding carboxylic acids is 2. The molecule has 2 N–H and O–H groups in total. The molecule has 148 valence electrons. The van der Waals surface area contributed by atoms with Crippen LogP contribution in [0.2, 0.25) is 0 Å². The summed E-state index contributed by atoms with van der Waals surface area (Å²) in [6.45, 7) is 1.78. The highest BCUT2D eigenvalue weighted by atomic mass is 16.5. The zero-order valence-electron chi connectivity index (χ0n) is 16.2. The molecule has 0 fully saturated rings. The summed E-state index contributed by atoms with van der Waals surface area (Å²) in [7, 11) is 2.68. The van der Waals surface area contributed by atoms with Gasteiger partial charge in [-0.2, -0.15) is 0 Å². The summed E-state index contributed by atoms with van der Waals surface area (Å²) < 4.78 is 9.44. The fourth-order valence-corrected chi connectivity index (χ4v) is 2.64. The first-order valence-corrected chi connectivity index (χ1v) is 8.75. The Morgan fingerprint density at radius 2 is 1.34 bits per heavy atom. The molecule has 2 aromatic carbocycles. The van der Waals surface area contributed by atoms with Crippen molar-refractivity contribution in [2.75, 3.05) is 24.9 Å². The van der Waals surface area contributed by atoms with Gasteiger partial charge in [0.25, 0.3) is 0 Å². The zero-order valence-corrected chi connectivity index (χ0v) is 16.2. The molecule has 0 aliphatic rings. The number of nitrogens with zero attached hydrogens (tertiary/aromatic N) is 2. The van der Waals surface area contributed by atoms with Crippen molar-refractivity contribution >= 4 is 34.9 Å².